The van der Waals surface area contributed by atoms with Crippen LogP contribution in [0.3, 0.4) is 0 Å². The molecule has 0 bridgehead atoms. The predicted octanol–water partition coefficient (Wildman–Crippen LogP) is 4.68. The van der Waals surface area contributed by atoms with E-state index < -0.39 is 0 Å². The van der Waals surface area contributed by atoms with Gasteiger partial charge in [0.2, 0.25) is 5.13 Å². The van der Waals surface area contributed by atoms with E-state index in [1.165, 1.54) is 28.7 Å². The summed E-state index contributed by atoms with van der Waals surface area (Å²) < 4.78 is 0.813. The maximum atomic E-state index is 12.2. The van der Waals surface area contributed by atoms with Crippen molar-refractivity contribution in [3.05, 3.63) is 70.3 Å². The number of H-pyrrole nitrogens is 1. The molecule has 8 heteroatoms. The molecule has 4 aromatic rings. The Bertz CT molecular complexity index is 1140. The fourth-order valence-corrected chi connectivity index (χ4v) is 4.55. The summed E-state index contributed by atoms with van der Waals surface area (Å²) in [5.41, 5.74) is 2.76. The molecule has 0 aliphatic carbocycles. The Morgan fingerprint density at radius 1 is 1.11 bits per heavy atom. The number of hydrogen-bond acceptors (Lipinski definition) is 7. The SMILES string of the molecule is Cc1ccc(Nc2nnc(S[C@@H](C)c3nc4ccccc4c(=O)[nH]3)s2)cc1. The average molecular weight is 396 g/mol. The van der Waals surface area contributed by atoms with Crippen LogP contribution in [0.5, 0.6) is 0 Å². The predicted molar refractivity (Wildman–Crippen MR) is 111 cm³/mol. The van der Waals surface area contributed by atoms with Crippen LogP contribution in [0.15, 0.2) is 57.7 Å². The smallest absolute Gasteiger partial charge is 0.258 e. The summed E-state index contributed by atoms with van der Waals surface area (Å²) in [5, 5.41) is 13.0. The molecule has 2 aromatic heterocycles. The summed E-state index contributed by atoms with van der Waals surface area (Å²) in [6.07, 6.45) is 0. The summed E-state index contributed by atoms with van der Waals surface area (Å²) in [6.45, 7) is 4.04. The fraction of sp³-hybridized carbons (Fsp3) is 0.158. The maximum Gasteiger partial charge on any atom is 0.258 e. The molecule has 0 fully saturated rings. The highest BCUT2D eigenvalue weighted by molar-refractivity contribution is 8.01. The Kier molecular flexibility index (Phi) is 4.91. The molecule has 0 aliphatic rings. The van der Waals surface area contributed by atoms with Gasteiger partial charge < -0.3 is 10.3 Å². The third-order valence-electron chi connectivity index (χ3n) is 4.00. The normalized spacial score (nSPS) is 12.2. The van der Waals surface area contributed by atoms with Crippen molar-refractivity contribution >= 4 is 44.8 Å². The van der Waals surface area contributed by atoms with Crippen LogP contribution in [-0.4, -0.2) is 20.2 Å². The molecule has 0 amide bonds. The third-order valence-corrected chi connectivity index (χ3v) is 6.04. The van der Waals surface area contributed by atoms with Gasteiger partial charge in [0.05, 0.1) is 16.2 Å². The minimum Gasteiger partial charge on any atom is -0.330 e. The second-order valence-corrected chi connectivity index (χ2v) is 8.66. The number of rotatable bonds is 5. The number of aryl methyl sites for hydroxylation is 1. The van der Waals surface area contributed by atoms with Crippen molar-refractivity contribution in [2.24, 2.45) is 0 Å². The first-order valence-electron chi connectivity index (χ1n) is 8.41. The van der Waals surface area contributed by atoms with E-state index >= 15 is 0 Å². The first-order chi connectivity index (χ1) is 13.1. The van der Waals surface area contributed by atoms with Gasteiger partial charge in [-0.1, -0.05) is 52.9 Å². The van der Waals surface area contributed by atoms with E-state index in [1.807, 2.05) is 49.4 Å². The van der Waals surface area contributed by atoms with Crippen LogP contribution in [-0.2, 0) is 0 Å². The minimum atomic E-state index is -0.123. The van der Waals surface area contributed by atoms with Gasteiger partial charge in [0.25, 0.3) is 5.56 Å². The average Bonchev–Trinajstić information content (AvgIpc) is 3.10. The molecule has 0 spiro atoms. The quantitative estimate of drug-likeness (QED) is 0.477. The first kappa shape index (κ1) is 17.7. The molecule has 4 rings (SSSR count). The van der Waals surface area contributed by atoms with Gasteiger partial charge in [-0.05, 0) is 38.1 Å². The zero-order valence-electron chi connectivity index (χ0n) is 14.8. The van der Waals surface area contributed by atoms with E-state index in [2.05, 4.69) is 32.4 Å². The lowest BCUT2D eigenvalue weighted by Crippen LogP contribution is -2.12. The number of para-hydroxylation sites is 1. The molecule has 136 valence electrons. The number of hydrogen-bond donors (Lipinski definition) is 2. The lowest BCUT2D eigenvalue weighted by Gasteiger charge is -2.08. The van der Waals surface area contributed by atoms with Gasteiger partial charge in [-0.2, -0.15) is 0 Å². The number of nitrogens with one attached hydrogen (secondary N) is 2. The van der Waals surface area contributed by atoms with E-state index in [-0.39, 0.29) is 10.8 Å². The standard InChI is InChI=1S/C19H17N5OS2/c1-11-7-9-13(10-8-11)20-18-23-24-19(27-18)26-12(2)16-21-15-6-4-3-5-14(15)17(25)22-16/h3-10,12H,1-2H3,(H,20,23)(H,21,22,25)/t12-/m0/s1. The maximum absolute atomic E-state index is 12.2. The number of benzene rings is 2. The highest BCUT2D eigenvalue weighted by atomic mass is 32.2. The molecule has 2 aromatic carbocycles. The molecule has 0 radical (unpaired) electrons. The van der Waals surface area contributed by atoms with Crippen LogP contribution in [0.4, 0.5) is 10.8 Å². The fourth-order valence-electron chi connectivity index (χ4n) is 2.57. The number of aromatic amines is 1. The van der Waals surface area contributed by atoms with E-state index in [1.54, 1.807) is 6.07 Å². The molecule has 27 heavy (non-hydrogen) atoms. The Hall–Kier alpha value is -2.71. The van der Waals surface area contributed by atoms with Crippen LogP contribution in [0.1, 0.15) is 23.6 Å². The van der Waals surface area contributed by atoms with Gasteiger partial charge in [0.15, 0.2) is 4.34 Å². The number of fused-ring (bicyclic) bond motifs is 1. The van der Waals surface area contributed by atoms with Gasteiger partial charge in [-0.15, -0.1) is 10.2 Å². The van der Waals surface area contributed by atoms with Crippen molar-refractivity contribution in [2.75, 3.05) is 5.32 Å². The summed E-state index contributed by atoms with van der Waals surface area (Å²) in [7, 11) is 0. The summed E-state index contributed by atoms with van der Waals surface area (Å²) in [5.74, 6) is 0.631. The summed E-state index contributed by atoms with van der Waals surface area (Å²) in [4.78, 5) is 19.7. The molecule has 0 saturated heterocycles. The molecular formula is C19H17N5OS2. The Balaban J connectivity index is 1.50. The van der Waals surface area contributed by atoms with Crippen LogP contribution in [0.2, 0.25) is 0 Å². The van der Waals surface area contributed by atoms with Crippen molar-refractivity contribution in [1.82, 2.24) is 20.2 Å². The Morgan fingerprint density at radius 3 is 2.70 bits per heavy atom. The van der Waals surface area contributed by atoms with Crippen molar-refractivity contribution < 1.29 is 0 Å². The zero-order valence-corrected chi connectivity index (χ0v) is 16.4. The number of aromatic nitrogens is 4. The topological polar surface area (TPSA) is 83.6 Å². The molecular weight excluding hydrogens is 378 g/mol. The van der Waals surface area contributed by atoms with Crippen LogP contribution >= 0.6 is 23.1 Å². The van der Waals surface area contributed by atoms with Gasteiger partial charge in [-0.25, -0.2) is 4.98 Å². The van der Waals surface area contributed by atoms with E-state index in [4.69, 9.17) is 0 Å². The molecule has 0 saturated carbocycles. The Morgan fingerprint density at radius 2 is 1.89 bits per heavy atom. The summed E-state index contributed by atoms with van der Waals surface area (Å²) >= 11 is 2.99. The molecule has 0 unspecified atom stereocenters. The largest absolute Gasteiger partial charge is 0.330 e. The number of anilines is 2. The third kappa shape index (κ3) is 4.01. The van der Waals surface area contributed by atoms with E-state index in [0.29, 0.717) is 16.7 Å². The second-order valence-electron chi connectivity index (χ2n) is 6.09. The Labute approximate surface area is 164 Å². The second kappa shape index (κ2) is 7.50. The van der Waals surface area contributed by atoms with Gasteiger partial charge >= 0.3 is 0 Å². The van der Waals surface area contributed by atoms with Crippen molar-refractivity contribution in [3.8, 4) is 0 Å². The van der Waals surface area contributed by atoms with Crippen molar-refractivity contribution in [2.45, 2.75) is 23.4 Å². The van der Waals surface area contributed by atoms with Gasteiger partial charge in [-0.3, -0.25) is 4.79 Å². The minimum absolute atomic E-state index is 0.0533. The molecule has 1 atom stereocenters. The lowest BCUT2D eigenvalue weighted by molar-refractivity contribution is 0.916. The lowest BCUT2D eigenvalue weighted by atomic mass is 10.2. The number of thioether (sulfide) groups is 1. The molecule has 2 N–H and O–H groups in total. The molecule has 2 heterocycles. The first-order valence-corrected chi connectivity index (χ1v) is 10.1. The van der Waals surface area contributed by atoms with Crippen molar-refractivity contribution in [1.29, 1.82) is 0 Å². The van der Waals surface area contributed by atoms with E-state index in [9.17, 15) is 4.79 Å². The monoisotopic (exact) mass is 395 g/mol. The van der Waals surface area contributed by atoms with Gasteiger partial charge in [0.1, 0.15) is 5.82 Å². The number of nitrogens with zero attached hydrogens (tertiary/aromatic N) is 3. The van der Waals surface area contributed by atoms with Gasteiger partial charge in [0, 0.05) is 5.69 Å². The molecule has 6 nitrogen and oxygen atoms in total. The molecule has 0 aliphatic heterocycles. The summed E-state index contributed by atoms with van der Waals surface area (Å²) in [6, 6.07) is 15.4. The van der Waals surface area contributed by atoms with Crippen LogP contribution < -0.4 is 10.9 Å². The van der Waals surface area contributed by atoms with Crippen LogP contribution in [0, 0.1) is 6.92 Å². The van der Waals surface area contributed by atoms with E-state index in [0.717, 1.165) is 15.2 Å². The zero-order chi connectivity index (χ0) is 18.8. The highest BCUT2D eigenvalue weighted by Crippen LogP contribution is 2.36. The highest BCUT2D eigenvalue weighted by Gasteiger charge is 2.15. The van der Waals surface area contributed by atoms with Crippen molar-refractivity contribution in [3.63, 3.8) is 0 Å². The van der Waals surface area contributed by atoms with Crippen LogP contribution in [0.25, 0.3) is 10.9 Å².